The van der Waals surface area contributed by atoms with Gasteiger partial charge in [0.2, 0.25) is 0 Å². The lowest BCUT2D eigenvalue weighted by molar-refractivity contribution is 0.313. The maximum atomic E-state index is 5.85. The van der Waals surface area contributed by atoms with E-state index in [1.807, 2.05) is 55.5 Å². The highest BCUT2D eigenvalue weighted by Gasteiger charge is 1.97. The molecule has 0 fully saturated rings. The van der Waals surface area contributed by atoms with Gasteiger partial charge in [0.15, 0.2) is 5.96 Å². The molecule has 2 aromatic rings. The number of guanidine groups is 1. The monoisotopic (exact) mass is 313 g/mol. The first kappa shape index (κ1) is 16.7. The van der Waals surface area contributed by atoms with Crippen molar-refractivity contribution in [3.05, 3.63) is 54.1 Å². The van der Waals surface area contributed by atoms with Crippen LogP contribution in [0.15, 0.2) is 53.5 Å². The number of benzene rings is 2. The van der Waals surface area contributed by atoms with Gasteiger partial charge in [-0.3, -0.25) is 4.99 Å². The van der Waals surface area contributed by atoms with Crippen LogP contribution in [0.2, 0.25) is 0 Å². The van der Waals surface area contributed by atoms with Crippen molar-refractivity contribution in [3.8, 4) is 11.5 Å². The van der Waals surface area contributed by atoms with Crippen molar-refractivity contribution in [1.29, 1.82) is 0 Å². The summed E-state index contributed by atoms with van der Waals surface area (Å²) in [6.07, 6.45) is 0.794. The molecule has 0 aliphatic carbocycles. The molecule has 0 aliphatic heterocycles. The average molecular weight is 313 g/mol. The van der Waals surface area contributed by atoms with Crippen LogP contribution >= 0.6 is 0 Å². The summed E-state index contributed by atoms with van der Waals surface area (Å²) < 4.78 is 10.7. The highest BCUT2D eigenvalue weighted by atomic mass is 16.5. The second-order valence-electron chi connectivity index (χ2n) is 5.14. The summed E-state index contributed by atoms with van der Waals surface area (Å²) in [7, 11) is 1.64. The van der Waals surface area contributed by atoms with E-state index in [-0.39, 0.29) is 0 Å². The molecule has 5 nitrogen and oxygen atoms in total. The number of hydrogen-bond donors (Lipinski definition) is 2. The summed E-state index contributed by atoms with van der Waals surface area (Å²) in [5, 5.41) is 3.06. The van der Waals surface area contributed by atoms with Gasteiger partial charge >= 0.3 is 0 Å². The van der Waals surface area contributed by atoms with Gasteiger partial charge in [0, 0.05) is 18.7 Å². The molecule has 2 rings (SSSR count). The normalized spacial score (nSPS) is 11.1. The molecule has 0 unspecified atom stereocenters. The van der Waals surface area contributed by atoms with E-state index in [0.717, 1.165) is 23.6 Å². The number of nitrogens with two attached hydrogens (primary N) is 1. The van der Waals surface area contributed by atoms with Crippen LogP contribution in [0.1, 0.15) is 12.0 Å². The summed E-state index contributed by atoms with van der Waals surface area (Å²) >= 11 is 0. The van der Waals surface area contributed by atoms with Gasteiger partial charge in [-0.1, -0.05) is 17.7 Å². The van der Waals surface area contributed by atoms with Crippen LogP contribution in [0.5, 0.6) is 11.5 Å². The van der Waals surface area contributed by atoms with Crippen molar-refractivity contribution in [3.63, 3.8) is 0 Å². The van der Waals surface area contributed by atoms with E-state index in [2.05, 4.69) is 10.3 Å². The predicted octanol–water partition coefficient (Wildman–Crippen LogP) is 3.20. The number of anilines is 1. The molecule has 0 heterocycles. The number of rotatable bonds is 7. The zero-order chi connectivity index (χ0) is 16.5. The van der Waals surface area contributed by atoms with Crippen LogP contribution in [0.25, 0.3) is 0 Å². The summed E-state index contributed by atoms with van der Waals surface area (Å²) in [6, 6.07) is 15.5. The number of aliphatic imine (C=N–C) groups is 1. The average Bonchev–Trinajstić information content (AvgIpc) is 2.57. The second kappa shape index (κ2) is 8.68. The SMILES string of the molecule is COc1ccc(OCCCN=C(N)Nc2ccc(C)cc2)cc1. The summed E-state index contributed by atoms with van der Waals surface area (Å²) in [6.45, 7) is 3.25. The molecule has 122 valence electrons. The fraction of sp³-hybridized carbons (Fsp3) is 0.278. The van der Waals surface area contributed by atoms with E-state index in [1.54, 1.807) is 7.11 Å². The molecule has 0 amide bonds. The van der Waals surface area contributed by atoms with Gasteiger partial charge in [-0.05, 0) is 43.3 Å². The van der Waals surface area contributed by atoms with Gasteiger partial charge in [-0.15, -0.1) is 0 Å². The Balaban J connectivity index is 1.68. The van der Waals surface area contributed by atoms with E-state index in [4.69, 9.17) is 15.2 Å². The zero-order valence-corrected chi connectivity index (χ0v) is 13.6. The predicted molar refractivity (Wildman–Crippen MR) is 94.4 cm³/mol. The number of aryl methyl sites for hydroxylation is 1. The molecule has 0 saturated carbocycles. The molecular weight excluding hydrogens is 290 g/mol. The molecule has 3 N–H and O–H groups in total. The van der Waals surface area contributed by atoms with Gasteiger partial charge in [0.05, 0.1) is 13.7 Å². The van der Waals surface area contributed by atoms with Crippen molar-refractivity contribution < 1.29 is 9.47 Å². The third-order valence-electron chi connectivity index (χ3n) is 3.24. The van der Waals surface area contributed by atoms with Crippen LogP contribution in [-0.4, -0.2) is 26.2 Å². The maximum Gasteiger partial charge on any atom is 0.193 e. The fourth-order valence-corrected chi connectivity index (χ4v) is 1.95. The quantitative estimate of drug-likeness (QED) is 0.468. The first-order chi connectivity index (χ1) is 11.2. The Bertz CT molecular complexity index is 622. The molecular formula is C18H23N3O2. The third-order valence-corrected chi connectivity index (χ3v) is 3.24. The molecule has 5 heteroatoms. The van der Waals surface area contributed by atoms with E-state index in [0.29, 0.717) is 19.1 Å². The number of hydrogen-bond acceptors (Lipinski definition) is 3. The smallest absolute Gasteiger partial charge is 0.193 e. The lowest BCUT2D eigenvalue weighted by Gasteiger charge is -2.07. The van der Waals surface area contributed by atoms with E-state index >= 15 is 0 Å². The largest absolute Gasteiger partial charge is 0.497 e. The molecule has 0 aromatic heterocycles. The minimum absolute atomic E-state index is 0.415. The molecule has 0 bridgehead atoms. The Morgan fingerprint density at radius 2 is 1.70 bits per heavy atom. The Labute approximate surface area is 137 Å². The van der Waals surface area contributed by atoms with Crippen molar-refractivity contribution in [1.82, 2.24) is 0 Å². The van der Waals surface area contributed by atoms with E-state index in [1.165, 1.54) is 5.56 Å². The third kappa shape index (κ3) is 5.90. The Morgan fingerprint density at radius 1 is 1.04 bits per heavy atom. The van der Waals surface area contributed by atoms with Gasteiger partial charge in [0.1, 0.15) is 11.5 Å². The minimum Gasteiger partial charge on any atom is -0.497 e. The maximum absolute atomic E-state index is 5.85. The molecule has 0 saturated heterocycles. The van der Waals surface area contributed by atoms with Gasteiger partial charge in [0.25, 0.3) is 0 Å². The number of nitrogens with zero attached hydrogens (tertiary/aromatic N) is 1. The van der Waals surface area contributed by atoms with Crippen LogP contribution in [0.3, 0.4) is 0 Å². The fourth-order valence-electron chi connectivity index (χ4n) is 1.95. The lowest BCUT2D eigenvalue weighted by Crippen LogP contribution is -2.23. The van der Waals surface area contributed by atoms with Gasteiger partial charge in [-0.2, -0.15) is 0 Å². The summed E-state index contributed by atoms with van der Waals surface area (Å²) in [5.41, 5.74) is 8.00. The Hall–Kier alpha value is -2.69. The van der Waals surface area contributed by atoms with E-state index in [9.17, 15) is 0 Å². The topological polar surface area (TPSA) is 68.9 Å². The van der Waals surface area contributed by atoms with Crippen molar-refractivity contribution in [2.75, 3.05) is 25.6 Å². The number of nitrogens with one attached hydrogen (secondary N) is 1. The first-order valence-electron chi connectivity index (χ1n) is 7.58. The molecule has 0 radical (unpaired) electrons. The molecule has 0 atom stereocenters. The minimum atomic E-state index is 0.415. The molecule has 23 heavy (non-hydrogen) atoms. The lowest BCUT2D eigenvalue weighted by atomic mass is 10.2. The number of methoxy groups -OCH3 is 1. The second-order valence-corrected chi connectivity index (χ2v) is 5.14. The molecule has 0 spiro atoms. The van der Waals surface area contributed by atoms with Crippen molar-refractivity contribution >= 4 is 11.6 Å². The molecule has 2 aromatic carbocycles. The van der Waals surface area contributed by atoms with E-state index < -0.39 is 0 Å². The van der Waals surface area contributed by atoms with Crippen LogP contribution in [-0.2, 0) is 0 Å². The van der Waals surface area contributed by atoms with Gasteiger partial charge in [-0.25, -0.2) is 0 Å². The Kier molecular flexibility index (Phi) is 6.29. The van der Waals surface area contributed by atoms with Gasteiger partial charge < -0.3 is 20.5 Å². The summed E-state index contributed by atoms with van der Waals surface area (Å²) in [4.78, 5) is 4.28. The highest BCUT2D eigenvalue weighted by Crippen LogP contribution is 2.17. The van der Waals surface area contributed by atoms with Crippen molar-refractivity contribution in [2.24, 2.45) is 10.7 Å². The highest BCUT2D eigenvalue weighted by molar-refractivity contribution is 5.92. The first-order valence-corrected chi connectivity index (χ1v) is 7.58. The zero-order valence-electron chi connectivity index (χ0n) is 13.6. The van der Waals surface area contributed by atoms with Crippen LogP contribution in [0.4, 0.5) is 5.69 Å². The summed E-state index contributed by atoms with van der Waals surface area (Å²) in [5.74, 6) is 2.05. The van der Waals surface area contributed by atoms with Crippen molar-refractivity contribution in [2.45, 2.75) is 13.3 Å². The Morgan fingerprint density at radius 3 is 2.35 bits per heavy atom. The number of ether oxygens (including phenoxy) is 2. The van der Waals surface area contributed by atoms with Crippen LogP contribution < -0.4 is 20.5 Å². The molecule has 0 aliphatic rings. The van der Waals surface area contributed by atoms with Crippen LogP contribution in [0, 0.1) is 6.92 Å². The standard InChI is InChI=1S/C18H23N3O2/c1-14-4-6-15(7-5-14)21-18(19)20-12-3-13-23-17-10-8-16(22-2)9-11-17/h4-11H,3,12-13H2,1-2H3,(H3,19,20,21).